The molecule has 0 radical (unpaired) electrons. The lowest BCUT2D eigenvalue weighted by Gasteiger charge is -2.10. The van der Waals surface area contributed by atoms with E-state index in [0.29, 0.717) is 32.9 Å². The Morgan fingerprint density at radius 1 is 1.17 bits per heavy atom. The molecule has 0 fully saturated rings. The van der Waals surface area contributed by atoms with E-state index in [1.807, 2.05) is 0 Å². The minimum Gasteiger partial charge on any atom is -0.321 e. The number of benzene rings is 2. The van der Waals surface area contributed by atoms with Gasteiger partial charge in [-0.05, 0) is 43.3 Å². The van der Waals surface area contributed by atoms with Gasteiger partial charge in [-0.15, -0.1) is 0 Å². The predicted molar refractivity (Wildman–Crippen MR) is 90.9 cm³/mol. The molecule has 1 N–H and O–H groups in total. The SMILES string of the molecule is Cc1nc2ccc(F)cc2cc1C(=O)Nc1cccc(Cl)c1Cl. The third-order valence-electron chi connectivity index (χ3n) is 3.41. The van der Waals surface area contributed by atoms with Gasteiger partial charge in [0.25, 0.3) is 5.91 Å². The zero-order valence-electron chi connectivity index (χ0n) is 12.0. The summed E-state index contributed by atoms with van der Waals surface area (Å²) >= 11 is 12.0. The molecule has 0 bridgehead atoms. The number of carbonyl (C=O) groups excluding carboxylic acids is 1. The van der Waals surface area contributed by atoms with Gasteiger partial charge in [0, 0.05) is 5.39 Å². The smallest absolute Gasteiger partial charge is 0.257 e. The maximum atomic E-state index is 13.4. The van der Waals surface area contributed by atoms with Crippen molar-refractivity contribution < 1.29 is 9.18 Å². The van der Waals surface area contributed by atoms with Crippen LogP contribution in [-0.2, 0) is 0 Å². The topological polar surface area (TPSA) is 42.0 Å². The number of anilines is 1. The fraction of sp³-hybridized carbons (Fsp3) is 0.0588. The van der Waals surface area contributed by atoms with Gasteiger partial charge < -0.3 is 5.32 Å². The quantitative estimate of drug-likeness (QED) is 0.687. The van der Waals surface area contributed by atoms with Crippen molar-refractivity contribution in [2.24, 2.45) is 0 Å². The van der Waals surface area contributed by atoms with Gasteiger partial charge >= 0.3 is 0 Å². The Bertz CT molecular complexity index is 928. The van der Waals surface area contributed by atoms with Crippen LogP contribution in [0.4, 0.5) is 10.1 Å². The number of aromatic nitrogens is 1. The second-order valence-corrected chi connectivity index (χ2v) is 5.80. The molecule has 3 nitrogen and oxygen atoms in total. The van der Waals surface area contributed by atoms with Crippen LogP contribution in [0.5, 0.6) is 0 Å². The molecule has 1 heterocycles. The molecule has 0 aliphatic carbocycles. The molecule has 0 atom stereocenters. The second-order valence-electron chi connectivity index (χ2n) is 5.01. The summed E-state index contributed by atoms with van der Waals surface area (Å²) in [6.45, 7) is 1.72. The molecule has 2 aromatic carbocycles. The van der Waals surface area contributed by atoms with Gasteiger partial charge in [-0.2, -0.15) is 0 Å². The Hall–Kier alpha value is -2.17. The molecule has 116 valence electrons. The molecule has 23 heavy (non-hydrogen) atoms. The number of pyridine rings is 1. The first-order valence-corrected chi connectivity index (χ1v) is 7.53. The first-order valence-electron chi connectivity index (χ1n) is 6.78. The fourth-order valence-corrected chi connectivity index (χ4v) is 2.61. The van der Waals surface area contributed by atoms with Crippen molar-refractivity contribution in [1.82, 2.24) is 4.98 Å². The fourth-order valence-electron chi connectivity index (χ4n) is 2.26. The third kappa shape index (κ3) is 3.14. The minimum absolute atomic E-state index is 0.264. The van der Waals surface area contributed by atoms with Gasteiger partial charge in [-0.1, -0.05) is 29.3 Å². The molecule has 0 unspecified atom stereocenters. The molecule has 3 aromatic rings. The molecule has 0 aliphatic rings. The van der Waals surface area contributed by atoms with Crippen LogP contribution in [0.2, 0.25) is 10.0 Å². The highest BCUT2D eigenvalue weighted by Gasteiger charge is 2.14. The number of halogens is 3. The highest BCUT2D eigenvalue weighted by atomic mass is 35.5. The molecule has 3 rings (SSSR count). The Morgan fingerprint density at radius 3 is 2.74 bits per heavy atom. The van der Waals surface area contributed by atoms with Crippen LogP contribution in [0.25, 0.3) is 10.9 Å². The molecular formula is C17H11Cl2FN2O. The first kappa shape index (κ1) is 15.7. The number of amides is 1. The lowest BCUT2D eigenvalue weighted by atomic mass is 10.1. The third-order valence-corrected chi connectivity index (χ3v) is 4.23. The van der Waals surface area contributed by atoms with Crippen molar-refractivity contribution in [3.05, 3.63) is 69.6 Å². The van der Waals surface area contributed by atoms with E-state index in [1.54, 1.807) is 37.3 Å². The Labute approximate surface area is 142 Å². The Balaban J connectivity index is 2.00. The summed E-state index contributed by atoms with van der Waals surface area (Å²) in [5.74, 6) is -0.766. The summed E-state index contributed by atoms with van der Waals surface area (Å²) in [6, 6.07) is 10.8. The van der Waals surface area contributed by atoms with Gasteiger partial charge in [0.15, 0.2) is 0 Å². The van der Waals surface area contributed by atoms with Crippen LogP contribution in [0.15, 0.2) is 42.5 Å². The number of carbonyl (C=O) groups is 1. The van der Waals surface area contributed by atoms with Gasteiger partial charge in [0.2, 0.25) is 0 Å². The standard InChI is InChI=1S/C17H11Cl2FN2O/c1-9-12(8-10-7-11(20)5-6-14(10)21-9)17(23)22-15-4-2-3-13(18)16(15)19/h2-8H,1H3,(H,22,23). The van der Waals surface area contributed by atoms with Crippen molar-refractivity contribution in [2.75, 3.05) is 5.32 Å². The number of hydrogen-bond donors (Lipinski definition) is 1. The van der Waals surface area contributed by atoms with Crippen molar-refractivity contribution >= 4 is 45.7 Å². The zero-order valence-corrected chi connectivity index (χ0v) is 13.5. The van der Waals surface area contributed by atoms with Crippen LogP contribution in [-0.4, -0.2) is 10.9 Å². The highest BCUT2D eigenvalue weighted by Crippen LogP contribution is 2.30. The van der Waals surface area contributed by atoms with Gasteiger partial charge in [0.05, 0.1) is 32.5 Å². The van der Waals surface area contributed by atoms with E-state index in [4.69, 9.17) is 23.2 Å². The van der Waals surface area contributed by atoms with Crippen LogP contribution in [0.3, 0.4) is 0 Å². The maximum absolute atomic E-state index is 13.4. The average Bonchev–Trinajstić information content (AvgIpc) is 2.51. The number of hydrogen-bond acceptors (Lipinski definition) is 2. The predicted octanol–water partition coefficient (Wildman–Crippen LogP) is 5.24. The molecule has 0 spiro atoms. The summed E-state index contributed by atoms with van der Waals surface area (Å²) in [5.41, 5.74) is 1.92. The van der Waals surface area contributed by atoms with E-state index in [2.05, 4.69) is 10.3 Å². The molecule has 6 heteroatoms. The average molecular weight is 349 g/mol. The summed E-state index contributed by atoms with van der Waals surface area (Å²) in [4.78, 5) is 16.8. The Morgan fingerprint density at radius 2 is 1.96 bits per heavy atom. The summed E-state index contributed by atoms with van der Waals surface area (Å²) in [7, 11) is 0. The number of nitrogens with zero attached hydrogens (tertiary/aromatic N) is 1. The zero-order chi connectivity index (χ0) is 16.6. The molecule has 0 saturated heterocycles. The lowest BCUT2D eigenvalue weighted by molar-refractivity contribution is 0.102. The molecular weight excluding hydrogens is 338 g/mol. The van der Waals surface area contributed by atoms with Crippen molar-refractivity contribution in [1.29, 1.82) is 0 Å². The van der Waals surface area contributed by atoms with E-state index in [0.717, 1.165) is 0 Å². The summed E-state index contributed by atoms with van der Waals surface area (Å²) in [5, 5.41) is 3.86. The number of nitrogens with one attached hydrogen (secondary N) is 1. The van der Waals surface area contributed by atoms with E-state index in [1.165, 1.54) is 12.1 Å². The highest BCUT2D eigenvalue weighted by molar-refractivity contribution is 6.44. The summed E-state index contributed by atoms with van der Waals surface area (Å²) < 4.78 is 13.4. The molecule has 1 aromatic heterocycles. The summed E-state index contributed by atoms with van der Waals surface area (Å²) in [6.07, 6.45) is 0. The molecule has 0 saturated carbocycles. The van der Waals surface area contributed by atoms with Crippen LogP contribution in [0, 0.1) is 12.7 Å². The minimum atomic E-state index is -0.384. The van der Waals surface area contributed by atoms with Crippen molar-refractivity contribution in [3.8, 4) is 0 Å². The van der Waals surface area contributed by atoms with Crippen molar-refractivity contribution in [3.63, 3.8) is 0 Å². The number of fused-ring (bicyclic) bond motifs is 1. The first-order chi connectivity index (χ1) is 11.0. The van der Waals surface area contributed by atoms with E-state index < -0.39 is 0 Å². The molecule has 1 amide bonds. The maximum Gasteiger partial charge on any atom is 0.257 e. The van der Waals surface area contributed by atoms with Gasteiger partial charge in [0.1, 0.15) is 5.82 Å². The lowest BCUT2D eigenvalue weighted by Crippen LogP contribution is -2.14. The van der Waals surface area contributed by atoms with E-state index in [9.17, 15) is 9.18 Å². The van der Waals surface area contributed by atoms with Gasteiger partial charge in [-0.25, -0.2) is 4.39 Å². The Kier molecular flexibility index (Phi) is 4.20. The van der Waals surface area contributed by atoms with E-state index in [-0.39, 0.29) is 16.7 Å². The van der Waals surface area contributed by atoms with Crippen LogP contribution >= 0.6 is 23.2 Å². The van der Waals surface area contributed by atoms with Gasteiger partial charge in [-0.3, -0.25) is 9.78 Å². The van der Waals surface area contributed by atoms with Crippen molar-refractivity contribution in [2.45, 2.75) is 6.92 Å². The van der Waals surface area contributed by atoms with Crippen LogP contribution < -0.4 is 5.32 Å². The monoisotopic (exact) mass is 348 g/mol. The number of rotatable bonds is 2. The molecule has 0 aliphatic heterocycles. The van der Waals surface area contributed by atoms with E-state index >= 15 is 0 Å². The number of aryl methyl sites for hydroxylation is 1. The van der Waals surface area contributed by atoms with Crippen LogP contribution in [0.1, 0.15) is 16.1 Å². The second kappa shape index (κ2) is 6.14. The normalized spacial score (nSPS) is 10.8. The largest absolute Gasteiger partial charge is 0.321 e.